The highest BCUT2D eigenvalue weighted by Crippen LogP contribution is 2.24. The zero-order valence-electron chi connectivity index (χ0n) is 16.3. The maximum Gasteiger partial charge on any atom is 0.241 e. The van der Waals surface area contributed by atoms with Crippen molar-refractivity contribution in [2.24, 2.45) is 0 Å². The van der Waals surface area contributed by atoms with Crippen LogP contribution in [0, 0.1) is 34.6 Å². The van der Waals surface area contributed by atoms with Crippen molar-refractivity contribution in [3.63, 3.8) is 0 Å². The molecule has 0 aliphatic heterocycles. The summed E-state index contributed by atoms with van der Waals surface area (Å²) in [7, 11) is -3.67. The summed E-state index contributed by atoms with van der Waals surface area (Å²) in [5.74, 6) is 0.654. The predicted octanol–water partition coefficient (Wildman–Crippen LogP) is 3.59. The molecule has 0 spiro atoms. The minimum absolute atomic E-state index is 0.143. The van der Waals surface area contributed by atoms with Gasteiger partial charge in [0.25, 0.3) is 0 Å². The first-order valence-electron chi connectivity index (χ1n) is 8.82. The van der Waals surface area contributed by atoms with Crippen molar-refractivity contribution in [1.29, 1.82) is 0 Å². The van der Waals surface area contributed by atoms with E-state index in [0.717, 1.165) is 28.1 Å². The van der Waals surface area contributed by atoms with Crippen molar-refractivity contribution >= 4 is 10.0 Å². The zero-order valence-corrected chi connectivity index (χ0v) is 17.1. The molecule has 0 amide bonds. The average molecular weight is 388 g/mol. The maximum atomic E-state index is 13.0. The van der Waals surface area contributed by atoms with Crippen molar-refractivity contribution < 1.29 is 12.8 Å². The second kappa shape index (κ2) is 7.32. The van der Waals surface area contributed by atoms with E-state index in [1.807, 2.05) is 58.9 Å². The number of rotatable bonds is 6. The third-order valence-electron chi connectivity index (χ3n) is 4.55. The molecule has 3 rings (SSSR count). The number of nitrogens with one attached hydrogen (secondary N) is 1. The third-order valence-corrected chi connectivity index (χ3v) is 6.28. The fraction of sp³-hybridized carbons (Fsp3) is 0.350. The number of benzene rings is 1. The van der Waals surface area contributed by atoms with E-state index in [2.05, 4.69) is 9.82 Å². The largest absolute Gasteiger partial charge is 0.467 e. The molecule has 1 unspecified atom stereocenters. The van der Waals surface area contributed by atoms with E-state index in [1.165, 1.54) is 0 Å². The highest BCUT2D eigenvalue weighted by molar-refractivity contribution is 7.89. The lowest BCUT2D eigenvalue weighted by Crippen LogP contribution is -2.33. The lowest BCUT2D eigenvalue weighted by Gasteiger charge is -2.19. The first-order chi connectivity index (χ1) is 12.7. The van der Waals surface area contributed by atoms with Crippen molar-refractivity contribution in [3.05, 3.63) is 70.4 Å². The fourth-order valence-electron chi connectivity index (χ4n) is 3.60. The van der Waals surface area contributed by atoms with Crippen LogP contribution in [0.1, 0.15) is 39.9 Å². The number of nitrogens with zero attached hydrogens (tertiary/aromatic N) is 2. The molecule has 6 nitrogen and oxygen atoms in total. The fourth-order valence-corrected chi connectivity index (χ4v) is 5.09. The van der Waals surface area contributed by atoms with E-state index >= 15 is 0 Å². The summed E-state index contributed by atoms with van der Waals surface area (Å²) in [6.45, 7) is 9.59. The predicted molar refractivity (Wildman–Crippen MR) is 104 cm³/mol. The van der Waals surface area contributed by atoms with Gasteiger partial charge in [0.15, 0.2) is 0 Å². The summed E-state index contributed by atoms with van der Waals surface area (Å²) in [6.07, 6.45) is 1.58. The minimum atomic E-state index is -3.67. The van der Waals surface area contributed by atoms with Gasteiger partial charge in [0.05, 0.1) is 16.9 Å². The quantitative estimate of drug-likeness (QED) is 0.701. The molecule has 0 bridgehead atoms. The van der Waals surface area contributed by atoms with Gasteiger partial charge < -0.3 is 4.42 Å². The van der Waals surface area contributed by atoms with E-state index in [9.17, 15) is 8.42 Å². The van der Waals surface area contributed by atoms with Crippen LogP contribution >= 0.6 is 0 Å². The smallest absolute Gasteiger partial charge is 0.241 e. The molecule has 1 aromatic carbocycles. The molecule has 0 saturated heterocycles. The van der Waals surface area contributed by atoms with Gasteiger partial charge in [0.1, 0.15) is 11.8 Å². The summed E-state index contributed by atoms with van der Waals surface area (Å²) in [5.41, 5.74) is 4.33. The molecule has 0 aliphatic rings. The third kappa shape index (κ3) is 3.99. The molecule has 1 N–H and O–H groups in total. The minimum Gasteiger partial charge on any atom is -0.467 e. The summed E-state index contributed by atoms with van der Waals surface area (Å²) < 4.78 is 36.1. The van der Waals surface area contributed by atoms with Gasteiger partial charge in [-0.25, -0.2) is 13.1 Å². The molecule has 3 aromatic rings. The van der Waals surface area contributed by atoms with Crippen molar-refractivity contribution in [2.75, 3.05) is 6.54 Å². The molecule has 7 heteroatoms. The van der Waals surface area contributed by atoms with Gasteiger partial charge in [0, 0.05) is 12.2 Å². The molecule has 27 heavy (non-hydrogen) atoms. The molecule has 2 heterocycles. The molecule has 0 saturated carbocycles. The number of sulfonamides is 1. The molecular weight excluding hydrogens is 362 g/mol. The Balaban J connectivity index is 1.93. The van der Waals surface area contributed by atoms with Crippen molar-refractivity contribution in [3.8, 4) is 0 Å². The average Bonchev–Trinajstić information content (AvgIpc) is 3.16. The normalized spacial score (nSPS) is 13.1. The summed E-state index contributed by atoms with van der Waals surface area (Å²) in [5, 5.41) is 4.51. The van der Waals surface area contributed by atoms with Gasteiger partial charge in [-0.3, -0.25) is 4.68 Å². The van der Waals surface area contributed by atoms with Crippen LogP contribution in [0.4, 0.5) is 0 Å². The second-order valence-electron chi connectivity index (χ2n) is 6.98. The molecule has 0 aliphatic carbocycles. The highest BCUT2D eigenvalue weighted by Gasteiger charge is 2.25. The van der Waals surface area contributed by atoms with Gasteiger partial charge in [0.2, 0.25) is 10.0 Å². The summed E-state index contributed by atoms with van der Waals surface area (Å²) >= 11 is 0. The van der Waals surface area contributed by atoms with Crippen LogP contribution in [-0.2, 0) is 10.0 Å². The Kier molecular flexibility index (Phi) is 5.26. The Hall–Kier alpha value is -2.38. The van der Waals surface area contributed by atoms with Crippen LogP contribution in [0.3, 0.4) is 0 Å². The van der Waals surface area contributed by atoms with Crippen LogP contribution in [0.5, 0.6) is 0 Å². The monoisotopic (exact) mass is 387 g/mol. The molecule has 0 radical (unpaired) electrons. The second-order valence-corrected chi connectivity index (χ2v) is 8.69. The van der Waals surface area contributed by atoms with Gasteiger partial charge in [-0.2, -0.15) is 5.10 Å². The number of hydrogen-bond donors (Lipinski definition) is 1. The number of hydrogen-bond acceptors (Lipinski definition) is 4. The number of furan rings is 1. The lowest BCUT2D eigenvalue weighted by atomic mass is 10.1. The molecule has 144 valence electrons. The number of aromatic nitrogens is 2. The van der Waals surface area contributed by atoms with E-state index in [4.69, 9.17) is 4.42 Å². The Morgan fingerprint density at radius 2 is 1.78 bits per heavy atom. The SMILES string of the molecule is Cc1cc(C)c(S(=O)(=O)NCC(c2ccco2)n2nc(C)cc2C)c(C)c1. The standard InChI is InChI=1S/C20H25N3O3S/c1-13-9-14(2)20(15(3)10-13)27(24,25)21-12-18(19-7-6-8-26-19)23-17(5)11-16(4)22-23/h6-11,18,21H,12H2,1-5H3. The topological polar surface area (TPSA) is 77.1 Å². The Morgan fingerprint density at radius 3 is 2.30 bits per heavy atom. The Labute approximate surface area is 160 Å². The maximum absolute atomic E-state index is 13.0. The van der Waals surface area contributed by atoms with Crippen molar-refractivity contribution in [1.82, 2.24) is 14.5 Å². The van der Waals surface area contributed by atoms with Crippen LogP contribution in [0.15, 0.2) is 45.9 Å². The molecule has 1 atom stereocenters. The highest BCUT2D eigenvalue weighted by atomic mass is 32.2. The van der Waals surface area contributed by atoms with E-state index in [0.29, 0.717) is 10.7 Å². The van der Waals surface area contributed by atoms with E-state index in [1.54, 1.807) is 17.0 Å². The Bertz CT molecular complexity index is 1030. The summed E-state index contributed by atoms with van der Waals surface area (Å²) in [4.78, 5) is 0.333. The van der Waals surface area contributed by atoms with Crippen LogP contribution < -0.4 is 4.72 Å². The van der Waals surface area contributed by atoms with E-state index < -0.39 is 10.0 Å². The van der Waals surface area contributed by atoms with Gasteiger partial charge >= 0.3 is 0 Å². The molecule has 2 aromatic heterocycles. The number of aryl methyl sites for hydroxylation is 5. The van der Waals surface area contributed by atoms with Gasteiger partial charge in [-0.05, 0) is 63.9 Å². The van der Waals surface area contributed by atoms with Gasteiger partial charge in [-0.1, -0.05) is 17.7 Å². The molecular formula is C20H25N3O3S. The van der Waals surface area contributed by atoms with Crippen LogP contribution in [-0.4, -0.2) is 24.7 Å². The van der Waals surface area contributed by atoms with E-state index in [-0.39, 0.29) is 12.6 Å². The van der Waals surface area contributed by atoms with Crippen LogP contribution in [0.25, 0.3) is 0 Å². The van der Waals surface area contributed by atoms with Crippen LogP contribution in [0.2, 0.25) is 0 Å². The lowest BCUT2D eigenvalue weighted by molar-refractivity contribution is 0.396. The Morgan fingerprint density at radius 1 is 1.11 bits per heavy atom. The van der Waals surface area contributed by atoms with Gasteiger partial charge in [-0.15, -0.1) is 0 Å². The van der Waals surface area contributed by atoms with Crippen molar-refractivity contribution in [2.45, 2.75) is 45.6 Å². The first-order valence-corrected chi connectivity index (χ1v) is 10.3. The summed E-state index contributed by atoms with van der Waals surface area (Å²) in [6, 6.07) is 8.97. The molecule has 0 fully saturated rings. The zero-order chi connectivity index (χ0) is 19.8. The first kappa shape index (κ1) is 19.4.